The number of carbonyl (C=O) groups is 1. The first-order valence-electron chi connectivity index (χ1n) is 13.2. The number of fused-ring (bicyclic) bond motifs is 1. The number of ketones is 1. The summed E-state index contributed by atoms with van der Waals surface area (Å²) in [6.45, 7) is 0.990. The highest BCUT2D eigenvalue weighted by molar-refractivity contribution is 6.47. The van der Waals surface area contributed by atoms with Crippen LogP contribution in [0.5, 0.6) is 0 Å². The Morgan fingerprint density at radius 1 is 0.500 bits per heavy atom. The second kappa shape index (κ2) is 11.1. The third-order valence-corrected chi connectivity index (χ3v) is 7.33. The smallest absolute Gasteiger partial charge is 0.195 e. The summed E-state index contributed by atoms with van der Waals surface area (Å²) in [6, 6.07) is 40.4. The zero-order valence-corrected chi connectivity index (χ0v) is 21.3. The third kappa shape index (κ3) is 4.91. The van der Waals surface area contributed by atoms with E-state index in [1.165, 1.54) is 0 Å². The monoisotopic (exact) mass is 498 g/mol. The van der Waals surface area contributed by atoms with Gasteiger partial charge in [0.2, 0.25) is 0 Å². The minimum Gasteiger partial charge on any atom is -0.369 e. The van der Waals surface area contributed by atoms with E-state index >= 15 is 0 Å². The number of carbonyl (C=O) groups excluding carboxylic acids is 1. The van der Waals surface area contributed by atoms with Crippen LogP contribution < -0.4 is 0 Å². The molecule has 0 bridgehead atoms. The summed E-state index contributed by atoms with van der Waals surface area (Å²) in [4.78, 5) is 14.3. The fourth-order valence-electron chi connectivity index (χ4n) is 5.56. The summed E-state index contributed by atoms with van der Waals surface area (Å²) in [5.74, 6) is 0.0518. The molecule has 0 aliphatic heterocycles. The molecule has 0 spiro atoms. The summed E-state index contributed by atoms with van der Waals surface area (Å²) in [5.41, 5.74) is 7.54. The van der Waals surface area contributed by atoms with Crippen molar-refractivity contribution in [2.75, 3.05) is 0 Å². The number of hydrogen-bond acceptors (Lipinski definition) is 3. The maximum absolute atomic E-state index is 14.3. The minimum absolute atomic E-state index is 0.0518. The summed E-state index contributed by atoms with van der Waals surface area (Å²) in [6.07, 6.45) is 1.19. The van der Waals surface area contributed by atoms with Crippen LogP contribution in [0.15, 0.2) is 132 Å². The van der Waals surface area contributed by atoms with E-state index in [2.05, 4.69) is 24.3 Å². The van der Waals surface area contributed by atoms with Crippen molar-refractivity contribution in [2.24, 2.45) is 0 Å². The Bertz CT molecular complexity index is 1340. The molecule has 188 valence electrons. The lowest BCUT2D eigenvalue weighted by Crippen LogP contribution is -2.31. The fourth-order valence-corrected chi connectivity index (χ4v) is 5.56. The van der Waals surface area contributed by atoms with Gasteiger partial charge in [0.15, 0.2) is 5.78 Å². The molecule has 3 nitrogen and oxygen atoms in total. The molecule has 1 saturated carbocycles. The molecule has 0 N–H and O–H groups in total. The van der Waals surface area contributed by atoms with Gasteiger partial charge in [-0.3, -0.25) is 4.79 Å². The molecule has 2 aliphatic carbocycles. The number of benzene rings is 4. The van der Waals surface area contributed by atoms with E-state index < -0.39 is 0 Å². The number of allylic oxidation sites excluding steroid dienone is 2. The molecule has 4 aromatic rings. The molecule has 2 aliphatic rings. The molecule has 38 heavy (non-hydrogen) atoms. The molecule has 0 aromatic heterocycles. The van der Waals surface area contributed by atoms with Gasteiger partial charge in [-0.15, -0.1) is 0 Å². The first-order chi connectivity index (χ1) is 18.8. The zero-order valence-electron chi connectivity index (χ0n) is 21.3. The zero-order chi connectivity index (χ0) is 25.7. The Balaban J connectivity index is 1.44. The molecule has 4 aromatic carbocycles. The van der Waals surface area contributed by atoms with E-state index in [9.17, 15) is 4.79 Å². The first-order valence-corrected chi connectivity index (χ1v) is 13.2. The first kappa shape index (κ1) is 24.3. The van der Waals surface area contributed by atoms with Gasteiger partial charge >= 0.3 is 0 Å². The molecule has 0 heterocycles. The number of ether oxygens (including phenoxy) is 2. The van der Waals surface area contributed by atoms with E-state index in [-0.39, 0.29) is 18.0 Å². The van der Waals surface area contributed by atoms with Crippen LogP contribution in [0.3, 0.4) is 0 Å². The van der Waals surface area contributed by atoms with Crippen molar-refractivity contribution in [1.29, 1.82) is 0 Å². The fraction of sp³-hybridized carbons (Fsp3) is 0.171. The van der Waals surface area contributed by atoms with Gasteiger partial charge in [-0.25, -0.2) is 0 Å². The van der Waals surface area contributed by atoms with Crippen LogP contribution in [0.1, 0.15) is 35.1 Å². The van der Waals surface area contributed by atoms with Crippen molar-refractivity contribution in [2.45, 2.75) is 38.3 Å². The van der Waals surface area contributed by atoms with E-state index in [4.69, 9.17) is 9.47 Å². The lowest BCUT2D eigenvalue weighted by atomic mass is 9.82. The Labute approximate surface area is 224 Å². The standard InChI is InChI=1S/C35H30O3/c36-35-31(27-17-9-3-10-18-27)33-29(37-23-25-13-5-1-6-14-25)21-22-30(38-24-26-15-7-2-8-16-26)34(33)32(35)28-19-11-4-12-20-28/h1-20,29-30H,21-24H2/t29-,30-/m0/s1. The van der Waals surface area contributed by atoms with Crippen LogP contribution in [-0.4, -0.2) is 18.0 Å². The SMILES string of the molecule is O=C1C(c2ccccc2)=C2C(=C1c1ccccc1)[C@@H](OCc1ccccc1)CC[C@@H]2OCc1ccccc1. The second-order valence-corrected chi connectivity index (χ2v) is 9.79. The predicted molar refractivity (Wildman–Crippen MR) is 151 cm³/mol. The van der Waals surface area contributed by atoms with Crippen LogP contribution >= 0.6 is 0 Å². The normalized spacial score (nSPS) is 19.1. The Morgan fingerprint density at radius 2 is 0.842 bits per heavy atom. The molecule has 0 saturated heterocycles. The van der Waals surface area contributed by atoms with Crippen LogP contribution in [0, 0.1) is 0 Å². The summed E-state index contributed by atoms with van der Waals surface area (Å²) < 4.78 is 13.2. The average Bonchev–Trinajstić information content (AvgIpc) is 3.30. The number of Topliss-reactive ketones (excluding diaryl/α,β-unsaturated/α-hetero) is 1. The van der Waals surface area contributed by atoms with Gasteiger partial charge in [0.25, 0.3) is 0 Å². The molecule has 1 fully saturated rings. The molecular formula is C35H30O3. The van der Waals surface area contributed by atoms with E-state index in [0.29, 0.717) is 13.2 Å². The summed E-state index contributed by atoms with van der Waals surface area (Å²) in [5, 5.41) is 0. The second-order valence-electron chi connectivity index (χ2n) is 9.79. The maximum Gasteiger partial charge on any atom is 0.195 e. The lowest BCUT2D eigenvalue weighted by Gasteiger charge is -2.34. The third-order valence-electron chi connectivity index (χ3n) is 7.33. The van der Waals surface area contributed by atoms with Crippen molar-refractivity contribution in [3.8, 4) is 0 Å². The van der Waals surface area contributed by atoms with Crippen molar-refractivity contribution in [3.63, 3.8) is 0 Å². The van der Waals surface area contributed by atoms with Gasteiger partial charge in [0.05, 0.1) is 25.4 Å². The Hall–Kier alpha value is -4.05. The number of hydrogen-bond donors (Lipinski definition) is 0. The molecular weight excluding hydrogens is 468 g/mol. The topological polar surface area (TPSA) is 35.5 Å². The molecule has 0 radical (unpaired) electrons. The van der Waals surface area contributed by atoms with Crippen molar-refractivity contribution in [1.82, 2.24) is 0 Å². The number of rotatable bonds is 8. The summed E-state index contributed by atoms with van der Waals surface area (Å²) >= 11 is 0. The molecule has 0 amide bonds. The minimum atomic E-state index is -0.192. The highest BCUT2D eigenvalue weighted by Crippen LogP contribution is 2.49. The highest BCUT2D eigenvalue weighted by atomic mass is 16.5. The Kier molecular flexibility index (Phi) is 7.12. The van der Waals surface area contributed by atoms with Crippen LogP contribution in [-0.2, 0) is 27.5 Å². The van der Waals surface area contributed by atoms with Gasteiger partial charge in [-0.05, 0) is 46.2 Å². The van der Waals surface area contributed by atoms with Gasteiger partial charge < -0.3 is 9.47 Å². The van der Waals surface area contributed by atoms with Gasteiger partial charge in [0, 0.05) is 11.1 Å². The van der Waals surface area contributed by atoms with Crippen molar-refractivity contribution in [3.05, 3.63) is 155 Å². The highest BCUT2D eigenvalue weighted by Gasteiger charge is 2.44. The van der Waals surface area contributed by atoms with Gasteiger partial charge in [0.1, 0.15) is 0 Å². The van der Waals surface area contributed by atoms with Crippen molar-refractivity contribution < 1.29 is 14.3 Å². The van der Waals surface area contributed by atoms with Gasteiger partial charge in [-0.1, -0.05) is 121 Å². The van der Waals surface area contributed by atoms with E-state index in [1.54, 1.807) is 0 Å². The largest absolute Gasteiger partial charge is 0.369 e. The maximum atomic E-state index is 14.3. The van der Waals surface area contributed by atoms with E-state index in [1.807, 2.05) is 97.1 Å². The summed E-state index contributed by atoms with van der Waals surface area (Å²) in [7, 11) is 0. The van der Waals surface area contributed by atoms with Crippen molar-refractivity contribution >= 4 is 16.9 Å². The van der Waals surface area contributed by atoms with E-state index in [0.717, 1.165) is 57.4 Å². The molecule has 6 rings (SSSR count). The molecule has 3 heteroatoms. The lowest BCUT2D eigenvalue weighted by molar-refractivity contribution is -0.108. The average molecular weight is 499 g/mol. The predicted octanol–water partition coefficient (Wildman–Crippen LogP) is 7.44. The molecule has 0 unspecified atom stereocenters. The van der Waals surface area contributed by atoms with Gasteiger partial charge in [-0.2, -0.15) is 0 Å². The van der Waals surface area contributed by atoms with Crippen LogP contribution in [0.4, 0.5) is 0 Å². The quantitative estimate of drug-likeness (QED) is 0.253. The van der Waals surface area contributed by atoms with Crippen LogP contribution in [0.2, 0.25) is 0 Å². The van der Waals surface area contributed by atoms with Crippen LogP contribution in [0.25, 0.3) is 11.1 Å². The molecule has 2 atom stereocenters. The Morgan fingerprint density at radius 3 is 1.21 bits per heavy atom.